The lowest BCUT2D eigenvalue weighted by atomic mass is 10.0. The molecule has 0 aliphatic carbocycles. The van der Waals surface area contributed by atoms with Crippen LogP contribution < -0.4 is 5.73 Å². The summed E-state index contributed by atoms with van der Waals surface area (Å²) in [5.74, 6) is -0.149. The lowest BCUT2D eigenvalue weighted by Gasteiger charge is -2.37. The molecule has 0 spiro atoms. The fourth-order valence-corrected chi connectivity index (χ4v) is 6.28. The molecule has 0 saturated heterocycles. The lowest BCUT2D eigenvalue weighted by molar-refractivity contribution is 0.0739. The second-order valence-corrected chi connectivity index (χ2v) is 13.6. The number of carbonyl (C=O) groups excluding carboxylic acids is 2. The van der Waals surface area contributed by atoms with Crippen LogP contribution in [0.15, 0.2) is 37.2 Å². The lowest BCUT2D eigenvalue weighted by Crippen LogP contribution is -2.46. The maximum Gasteiger partial charge on any atom is 0.408 e. The summed E-state index contributed by atoms with van der Waals surface area (Å²) in [5.41, 5.74) is 7.60. The van der Waals surface area contributed by atoms with E-state index in [9.17, 15) is 19.5 Å². The molecule has 260 valence electrons. The highest BCUT2D eigenvalue weighted by atomic mass is 35.5. The number of hydrogen-bond acceptors (Lipinski definition) is 12. The molecule has 3 amide bonds. The third-order valence-corrected chi connectivity index (χ3v) is 9.06. The summed E-state index contributed by atoms with van der Waals surface area (Å²) in [6.45, 7) is 14.2. The summed E-state index contributed by atoms with van der Waals surface area (Å²) in [7, 11) is 3.49. The van der Waals surface area contributed by atoms with Crippen molar-refractivity contribution in [1.82, 2.24) is 44.6 Å². The van der Waals surface area contributed by atoms with Crippen LogP contribution in [0.25, 0.3) is 21.4 Å². The Morgan fingerprint density at radius 2 is 1.17 bits per heavy atom. The van der Waals surface area contributed by atoms with Crippen LogP contribution in [-0.2, 0) is 0 Å². The first-order valence-electron chi connectivity index (χ1n) is 14.9. The van der Waals surface area contributed by atoms with Crippen molar-refractivity contribution < 1.29 is 19.5 Å². The Labute approximate surface area is 294 Å². The number of carboxylic acid groups (broad SMARTS) is 1. The van der Waals surface area contributed by atoms with Crippen molar-refractivity contribution in [2.24, 2.45) is 5.73 Å². The van der Waals surface area contributed by atoms with E-state index in [1.54, 1.807) is 49.4 Å². The number of aromatic nitrogens is 6. The second-order valence-electron chi connectivity index (χ2n) is 11.6. The van der Waals surface area contributed by atoms with Gasteiger partial charge in [-0.1, -0.05) is 0 Å². The normalized spacial score (nSPS) is 12.1. The van der Waals surface area contributed by atoms with Crippen molar-refractivity contribution in [2.75, 3.05) is 27.2 Å². The number of thiazole rings is 2. The van der Waals surface area contributed by atoms with E-state index >= 15 is 0 Å². The monoisotopic (exact) mass is 718 g/mol. The van der Waals surface area contributed by atoms with Crippen molar-refractivity contribution in [2.45, 2.75) is 66.1 Å². The Kier molecular flexibility index (Phi) is 14.5. The largest absolute Gasteiger partial charge is 0.465 e. The van der Waals surface area contributed by atoms with E-state index < -0.39 is 17.7 Å². The molecule has 4 heterocycles. The van der Waals surface area contributed by atoms with Crippen molar-refractivity contribution in [3.05, 3.63) is 58.3 Å². The van der Waals surface area contributed by atoms with Crippen molar-refractivity contribution in [3.63, 3.8) is 0 Å². The maximum absolute atomic E-state index is 12.3. The maximum atomic E-state index is 12.3. The van der Waals surface area contributed by atoms with Crippen LogP contribution in [0.4, 0.5) is 4.79 Å². The average Bonchev–Trinajstić information content (AvgIpc) is 3.74. The van der Waals surface area contributed by atoms with Crippen molar-refractivity contribution >= 4 is 53.0 Å². The molecule has 17 heteroatoms. The second kappa shape index (κ2) is 17.3. The van der Waals surface area contributed by atoms with Crippen LogP contribution in [0.2, 0.25) is 0 Å². The minimum Gasteiger partial charge on any atom is -0.465 e. The average molecular weight is 719 g/mol. The van der Waals surface area contributed by atoms with Gasteiger partial charge in [-0.05, 0) is 48.5 Å². The van der Waals surface area contributed by atoms with Gasteiger partial charge in [-0.3, -0.25) is 34.4 Å². The third kappa shape index (κ3) is 9.49. The first-order valence-corrected chi connectivity index (χ1v) is 16.6. The fraction of sp³-hybridized carbons (Fsp3) is 0.452. The molecule has 48 heavy (non-hydrogen) atoms. The molecule has 0 bridgehead atoms. The van der Waals surface area contributed by atoms with E-state index in [4.69, 9.17) is 5.73 Å². The van der Waals surface area contributed by atoms with E-state index in [1.807, 2.05) is 41.5 Å². The predicted octanol–water partition coefficient (Wildman–Crippen LogP) is 5.67. The minimum atomic E-state index is -1.04. The fourth-order valence-electron chi connectivity index (χ4n) is 4.45. The highest BCUT2D eigenvalue weighted by Crippen LogP contribution is 2.34. The zero-order valence-corrected chi connectivity index (χ0v) is 31.0. The summed E-state index contributed by atoms with van der Waals surface area (Å²) in [4.78, 5) is 67.8. The molecule has 0 fully saturated rings. The number of halogens is 1. The van der Waals surface area contributed by atoms with Crippen LogP contribution in [0, 0.1) is 0 Å². The van der Waals surface area contributed by atoms with Gasteiger partial charge in [0.25, 0.3) is 11.8 Å². The zero-order valence-electron chi connectivity index (χ0n) is 28.5. The predicted molar refractivity (Wildman–Crippen MR) is 189 cm³/mol. The highest BCUT2D eigenvalue weighted by molar-refractivity contribution is 7.17. The summed E-state index contributed by atoms with van der Waals surface area (Å²) in [5, 5.41) is 10.9. The number of carbonyl (C=O) groups is 3. The number of nitrogens with zero attached hydrogens (tertiary/aromatic N) is 9. The molecular formula is C31H43ClN10O4S2. The molecule has 3 N–H and O–H groups in total. The number of nitrogens with two attached hydrogens (primary N) is 1. The topological polar surface area (TPSA) is 185 Å². The van der Waals surface area contributed by atoms with Crippen LogP contribution in [0.5, 0.6) is 0 Å². The molecular weight excluding hydrogens is 676 g/mol. The van der Waals surface area contributed by atoms with Crippen LogP contribution in [-0.4, -0.2) is 100 Å². The quantitative estimate of drug-likeness (QED) is 0.217. The van der Waals surface area contributed by atoms with E-state index in [0.29, 0.717) is 55.6 Å². The summed E-state index contributed by atoms with van der Waals surface area (Å²) in [6, 6.07) is -0.771. The van der Waals surface area contributed by atoms with E-state index in [0.717, 1.165) is 0 Å². The molecule has 4 rings (SSSR count). The number of rotatable bonds is 9. The van der Waals surface area contributed by atoms with Crippen LogP contribution in [0.1, 0.15) is 91.3 Å². The van der Waals surface area contributed by atoms with Gasteiger partial charge >= 0.3 is 6.09 Å². The zero-order chi connectivity index (χ0) is 35.1. The highest BCUT2D eigenvalue weighted by Gasteiger charge is 2.34. The van der Waals surface area contributed by atoms with Gasteiger partial charge in [0.15, 0.2) is 0 Å². The van der Waals surface area contributed by atoms with E-state index in [2.05, 4.69) is 29.9 Å². The third-order valence-electron chi connectivity index (χ3n) is 7.08. The molecule has 0 aliphatic rings. The summed E-state index contributed by atoms with van der Waals surface area (Å²) >= 11 is 2.54. The molecule has 0 unspecified atom stereocenters. The molecule has 0 aromatic carbocycles. The summed E-state index contributed by atoms with van der Waals surface area (Å²) in [6.07, 6.45) is 8.34. The molecule has 0 radical (unpaired) electrons. The standard InChI is InChI=1S/C18H25N5O3S.C13H17N5OS.ClH/c1-7-22(6)16(24)12-10-21-15(27-12)14-13(19-8-9-20-14)11(2)23(17(25)26)18(3,4)5;1-4-18(3)13(19)9-7-17-12(20-9)11-10(8(2)14)15-5-6-16-11;/h8-11H,7H2,1-6H3,(H,25,26);5-8H,4,14H2,1-3H3;1H/t11-;8-;/m00./s1. The molecule has 0 aliphatic heterocycles. The van der Waals surface area contributed by atoms with Gasteiger partial charge in [0, 0.05) is 63.6 Å². The first kappa shape index (κ1) is 40.1. The first-order chi connectivity index (χ1) is 22.1. The molecule has 14 nitrogen and oxygen atoms in total. The summed E-state index contributed by atoms with van der Waals surface area (Å²) < 4.78 is 0. The Bertz CT molecular complexity index is 1690. The molecule has 0 saturated carbocycles. The van der Waals surface area contributed by atoms with Gasteiger partial charge in [0.2, 0.25) is 0 Å². The van der Waals surface area contributed by atoms with E-state index in [-0.39, 0.29) is 30.3 Å². The Morgan fingerprint density at radius 3 is 1.54 bits per heavy atom. The van der Waals surface area contributed by atoms with Gasteiger partial charge < -0.3 is 20.6 Å². The molecule has 4 aromatic heterocycles. The van der Waals surface area contributed by atoms with Crippen LogP contribution in [0.3, 0.4) is 0 Å². The Balaban J connectivity index is 0.000000340. The number of hydrogen-bond donors (Lipinski definition) is 2. The Morgan fingerprint density at radius 1 is 0.771 bits per heavy atom. The van der Waals surface area contributed by atoms with Gasteiger partial charge in [0.1, 0.15) is 31.2 Å². The van der Waals surface area contributed by atoms with Gasteiger partial charge in [0.05, 0.1) is 29.8 Å². The smallest absolute Gasteiger partial charge is 0.408 e. The molecule has 4 aromatic rings. The van der Waals surface area contributed by atoms with Crippen molar-refractivity contribution in [1.29, 1.82) is 0 Å². The SMILES string of the molecule is CCN(C)C(=O)c1cnc(-c2nccnc2[C@H](C)N(C(=O)O)C(C)(C)C)s1.CCN(C)C(=O)c1cnc(-c2nccnc2[C@H](C)N)s1.Cl. The molecule has 2 atom stereocenters. The van der Waals surface area contributed by atoms with Gasteiger partial charge in [-0.15, -0.1) is 35.1 Å². The van der Waals surface area contributed by atoms with Gasteiger partial charge in [-0.2, -0.15) is 0 Å². The van der Waals surface area contributed by atoms with Gasteiger partial charge in [-0.25, -0.2) is 14.8 Å². The Hall–Kier alpha value is -4.12. The van der Waals surface area contributed by atoms with E-state index in [1.165, 1.54) is 46.2 Å². The van der Waals surface area contributed by atoms with Crippen LogP contribution >= 0.6 is 35.1 Å². The minimum absolute atomic E-state index is 0. The van der Waals surface area contributed by atoms with Crippen molar-refractivity contribution in [3.8, 4) is 21.4 Å². The number of amides is 3.